The molecule has 0 aliphatic heterocycles. The molecule has 0 saturated heterocycles. The van der Waals surface area contributed by atoms with Gasteiger partial charge in [0.25, 0.3) is 0 Å². The monoisotopic (exact) mass is 475 g/mol. The van der Waals surface area contributed by atoms with Gasteiger partial charge in [-0.15, -0.1) is 0 Å². The maximum absolute atomic E-state index is 13.1. The van der Waals surface area contributed by atoms with Crippen LogP contribution in [0.3, 0.4) is 0 Å². The summed E-state index contributed by atoms with van der Waals surface area (Å²) in [6.07, 6.45) is 4.15. The van der Waals surface area contributed by atoms with Crippen molar-refractivity contribution in [3.05, 3.63) is 66.7 Å². The number of nitrogens with one attached hydrogen (secondary N) is 2. The number of aromatic nitrogens is 2. The Labute approximate surface area is 199 Å². The third-order valence-corrected chi connectivity index (χ3v) is 8.16. The van der Waals surface area contributed by atoms with Gasteiger partial charge in [-0.05, 0) is 54.7 Å². The van der Waals surface area contributed by atoms with Gasteiger partial charge in [0, 0.05) is 23.9 Å². The second-order valence-corrected chi connectivity index (χ2v) is 10.8. The van der Waals surface area contributed by atoms with Crippen LogP contribution in [0.1, 0.15) is 25.7 Å². The van der Waals surface area contributed by atoms with Gasteiger partial charge in [0.05, 0.1) is 10.4 Å². The molecule has 0 bridgehead atoms. The molecule has 1 aliphatic rings. The van der Waals surface area contributed by atoms with Crippen LogP contribution < -0.4 is 15.8 Å². The Morgan fingerprint density at radius 1 is 0.853 bits per heavy atom. The zero-order valence-corrected chi connectivity index (χ0v) is 19.8. The summed E-state index contributed by atoms with van der Waals surface area (Å²) in [4.78, 5) is 9.31. The van der Waals surface area contributed by atoms with Gasteiger partial charge in [-0.25, -0.2) is 18.1 Å². The van der Waals surface area contributed by atoms with E-state index in [1.807, 2.05) is 54.6 Å². The highest BCUT2D eigenvalue weighted by Gasteiger charge is 2.25. The largest absolute Gasteiger partial charge is 0.383 e. The lowest BCUT2D eigenvalue weighted by atomic mass is 9.81. The van der Waals surface area contributed by atoms with Gasteiger partial charge in [0.15, 0.2) is 0 Å². The third-order valence-electron chi connectivity index (χ3n) is 6.67. The SMILES string of the molecule is Nc1nc(NC[C@H]2CCC[C@@H](CNS(=O)(=O)c3cccc4ccccc34)C2)nc2ccccc12. The molecule has 1 saturated carbocycles. The van der Waals surface area contributed by atoms with Crippen LogP contribution >= 0.6 is 0 Å². The summed E-state index contributed by atoms with van der Waals surface area (Å²) < 4.78 is 29.0. The molecular formula is C26H29N5O2S. The van der Waals surface area contributed by atoms with Gasteiger partial charge in [0.1, 0.15) is 5.82 Å². The van der Waals surface area contributed by atoms with Crippen molar-refractivity contribution >= 4 is 43.5 Å². The first kappa shape index (κ1) is 22.6. The number of hydrogen-bond donors (Lipinski definition) is 3. The molecule has 4 N–H and O–H groups in total. The van der Waals surface area contributed by atoms with E-state index in [1.165, 1.54) is 0 Å². The van der Waals surface area contributed by atoms with Crippen molar-refractivity contribution in [2.45, 2.75) is 30.6 Å². The quantitative estimate of drug-likeness (QED) is 0.361. The van der Waals surface area contributed by atoms with Crippen molar-refractivity contribution < 1.29 is 8.42 Å². The lowest BCUT2D eigenvalue weighted by molar-refractivity contribution is 0.276. The molecule has 0 amide bonds. The summed E-state index contributed by atoms with van der Waals surface area (Å²) in [6, 6.07) is 20.7. The number of benzene rings is 3. The molecule has 0 unspecified atom stereocenters. The number of anilines is 2. The summed E-state index contributed by atoms with van der Waals surface area (Å²) in [7, 11) is -3.58. The number of fused-ring (bicyclic) bond motifs is 2. The number of rotatable bonds is 7. The number of hydrogen-bond acceptors (Lipinski definition) is 6. The predicted octanol–water partition coefficient (Wildman–Crippen LogP) is 4.56. The minimum Gasteiger partial charge on any atom is -0.383 e. The Morgan fingerprint density at radius 3 is 2.41 bits per heavy atom. The van der Waals surface area contributed by atoms with Crippen molar-refractivity contribution in [1.82, 2.24) is 14.7 Å². The molecule has 34 heavy (non-hydrogen) atoms. The number of sulfonamides is 1. The van der Waals surface area contributed by atoms with E-state index < -0.39 is 10.0 Å². The molecule has 0 spiro atoms. The molecule has 1 fully saturated rings. The Balaban J connectivity index is 1.20. The standard InChI is InChI=1S/C26H29N5O2S/c27-25-22-12-3-4-13-23(22)30-26(31-25)28-16-18-7-5-8-19(15-18)17-29-34(32,33)24-14-6-10-20-9-1-2-11-21(20)24/h1-4,6,9-14,18-19,29H,5,7-8,15-17H2,(H3,27,28,30,31)/t18-,19+/m0/s1. The fraction of sp³-hybridized carbons (Fsp3) is 0.308. The van der Waals surface area contributed by atoms with Crippen molar-refractivity contribution in [3.63, 3.8) is 0 Å². The number of para-hydroxylation sites is 1. The molecular weight excluding hydrogens is 446 g/mol. The fourth-order valence-electron chi connectivity index (χ4n) is 4.92. The van der Waals surface area contributed by atoms with Crippen LogP contribution in [0.15, 0.2) is 71.6 Å². The van der Waals surface area contributed by atoms with Crippen LogP contribution in [0, 0.1) is 11.8 Å². The van der Waals surface area contributed by atoms with Crippen molar-refractivity contribution in [2.75, 3.05) is 24.1 Å². The zero-order valence-electron chi connectivity index (χ0n) is 18.9. The van der Waals surface area contributed by atoms with E-state index in [0.717, 1.165) is 53.9 Å². The van der Waals surface area contributed by atoms with Gasteiger partial charge in [-0.2, -0.15) is 4.98 Å². The molecule has 1 heterocycles. The minimum absolute atomic E-state index is 0.299. The van der Waals surface area contributed by atoms with E-state index in [4.69, 9.17) is 5.73 Å². The number of nitrogens with two attached hydrogens (primary N) is 1. The highest BCUT2D eigenvalue weighted by Crippen LogP contribution is 2.30. The predicted molar refractivity (Wildman–Crippen MR) is 137 cm³/mol. The molecule has 7 nitrogen and oxygen atoms in total. The van der Waals surface area contributed by atoms with Crippen molar-refractivity contribution in [3.8, 4) is 0 Å². The summed E-state index contributed by atoms with van der Waals surface area (Å²) in [5.74, 6) is 1.73. The van der Waals surface area contributed by atoms with Gasteiger partial charge >= 0.3 is 0 Å². The second-order valence-electron chi connectivity index (χ2n) is 9.06. The van der Waals surface area contributed by atoms with E-state index in [-0.39, 0.29) is 0 Å². The number of nitrogen functional groups attached to an aromatic ring is 1. The van der Waals surface area contributed by atoms with Gasteiger partial charge < -0.3 is 11.1 Å². The maximum atomic E-state index is 13.1. The van der Waals surface area contributed by atoms with Crippen LogP contribution in [-0.4, -0.2) is 31.5 Å². The van der Waals surface area contributed by atoms with Crippen LogP contribution in [0.25, 0.3) is 21.7 Å². The average Bonchev–Trinajstić information content (AvgIpc) is 2.86. The van der Waals surface area contributed by atoms with Crippen LogP contribution in [-0.2, 0) is 10.0 Å². The van der Waals surface area contributed by atoms with Crippen LogP contribution in [0.4, 0.5) is 11.8 Å². The van der Waals surface area contributed by atoms with E-state index in [2.05, 4.69) is 20.0 Å². The highest BCUT2D eigenvalue weighted by molar-refractivity contribution is 7.89. The first-order valence-corrected chi connectivity index (χ1v) is 13.2. The molecule has 5 rings (SSSR count). The van der Waals surface area contributed by atoms with E-state index in [9.17, 15) is 8.42 Å². The Morgan fingerprint density at radius 2 is 1.56 bits per heavy atom. The van der Waals surface area contributed by atoms with Crippen LogP contribution in [0.5, 0.6) is 0 Å². The molecule has 8 heteroatoms. The second kappa shape index (κ2) is 9.56. The highest BCUT2D eigenvalue weighted by atomic mass is 32.2. The van der Waals surface area contributed by atoms with Crippen molar-refractivity contribution in [1.29, 1.82) is 0 Å². The summed E-state index contributed by atoms with van der Waals surface area (Å²) in [6.45, 7) is 1.19. The first-order valence-electron chi connectivity index (χ1n) is 11.7. The molecule has 1 aliphatic carbocycles. The summed E-state index contributed by atoms with van der Waals surface area (Å²) in [5.41, 5.74) is 6.92. The normalized spacial score (nSPS) is 18.8. The molecule has 2 atom stereocenters. The summed E-state index contributed by atoms with van der Waals surface area (Å²) >= 11 is 0. The average molecular weight is 476 g/mol. The Kier molecular flexibility index (Phi) is 6.34. The van der Waals surface area contributed by atoms with E-state index in [0.29, 0.717) is 35.0 Å². The molecule has 1 aromatic heterocycles. The van der Waals surface area contributed by atoms with E-state index >= 15 is 0 Å². The van der Waals surface area contributed by atoms with Gasteiger partial charge in [0.2, 0.25) is 16.0 Å². The Bertz CT molecular complexity index is 1420. The molecule has 4 aromatic rings. The lowest BCUT2D eigenvalue weighted by Crippen LogP contribution is -2.33. The fourth-order valence-corrected chi connectivity index (χ4v) is 6.27. The first-order chi connectivity index (χ1) is 16.5. The molecule has 3 aromatic carbocycles. The topological polar surface area (TPSA) is 110 Å². The number of nitrogens with zero attached hydrogens (tertiary/aromatic N) is 2. The van der Waals surface area contributed by atoms with Gasteiger partial charge in [-0.3, -0.25) is 0 Å². The lowest BCUT2D eigenvalue weighted by Gasteiger charge is -2.29. The molecule has 176 valence electrons. The van der Waals surface area contributed by atoms with E-state index in [1.54, 1.807) is 12.1 Å². The van der Waals surface area contributed by atoms with Gasteiger partial charge in [-0.1, -0.05) is 55.0 Å². The summed E-state index contributed by atoms with van der Waals surface area (Å²) in [5, 5.41) is 5.87. The Hall–Kier alpha value is -3.23. The van der Waals surface area contributed by atoms with Crippen molar-refractivity contribution in [2.24, 2.45) is 11.8 Å². The minimum atomic E-state index is -3.58. The molecule has 0 radical (unpaired) electrons. The van der Waals surface area contributed by atoms with Crippen LogP contribution in [0.2, 0.25) is 0 Å². The zero-order chi connectivity index (χ0) is 23.5. The maximum Gasteiger partial charge on any atom is 0.241 e. The smallest absolute Gasteiger partial charge is 0.241 e. The third kappa shape index (κ3) is 4.83.